The highest BCUT2D eigenvalue weighted by Crippen LogP contribution is 2.41. The van der Waals surface area contributed by atoms with Crippen LogP contribution in [0, 0.1) is 26.7 Å². The van der Waals surface area contributed by atoms with Crippen molar-refractivity contribution in [2.45, 2.75) is 77.3 Å². The lowest BCUT2D eigenvalue weighted by Crippen LogP contribution is -2.54. The molecule has 2 aromatic heterocycles. The Labute approximate surface area is 331 Å². The number of aliphatic imine (C=N–C) groups is 1. The number of rotatable bonds is 12. The molecule has 4 aliphatic rings. The summed E-state index contributed by atoms with van der Waals surface area (Å²) in [6, 6.07) is 2.76. The minimum atomic E-state index is -1.11. The van der Waals surface area contributed by atoms with Crippen LogP contribution in [-0.2, 0) is 19.2 Å². The summed E-state index contributed by atoms with van der Waals surface area (Å²) in [6.45, 7) is 8.42. The Bertz CT molecular complexity index is 2260. The molecule has 3 aliphatic heterocycles. The first-order chi connectivity index (χ1) is 26.8. The number of amides is 6. The number of allylic oxidation sites excluding steroid dienone is 4. The van der Waals surface area contributed by atoms with Crippen molar-refractivity contribution >= 4 is 64.1 Å². The molecule has 17 heteroatoms. The summed E-state index contributed by atoms with van der Waals surface area (Å²) in [7, 11) is 0. The van der Waals surface area contributed by atoms with E-state index < -0.39 is 48.2 Å². The summed E-state index contributed by atoms with van der Waals surface area (Å²) in [4.78, 5) is 83.5. The number of ether oxygens (including phenoxy) is 1. The third kappa shape index (κ3) is 7.42. The number of hydrogen-bond donors (Lipinski definition) is 3. The van der Waals surface area contributed by atoms with Crippen LogP contribution in [0.25, 0.3) is 5.00 Å². The molecule has 7 rings (SSSR count). The van der Waals surface area contributed by atoms with Crippen LogP contribution in [0.5, 0.6) is 5.75 Å². The number of nitrogens with zero attached hydrogens (tertiary/aromatic N) is 5. The van der Waals surface area contributed by atoms with Crippen LogP contribution in [0.3, 0.4) is 0 Å². The normalized spacial score (nSPS) is 21.4. The number of benzene rings is 1. The van der Waals surface area contributed by atoms with Gasteiger partial charge in [0.15, 0.2) is 12.4 Å². The highest BCUT2D eigenvalue weighted by Gasteiger charge is 2.46. The van der Waals surface area contributed by atoms with Crippen LogP contribution in [0.1, 0.15) is 93.4 Å². The largest absolute Gasteiger partial charge is 0.483 e. The van der Waals surface area contributed by atoms with Crippen LogP contribution < -0.4 is 20.7 Å². The van der Waals surface area contributed by atoms with E-state index in [1.54, 1.807) is 11.3 Å². The predicted octanol–water partition coefficient (Wildman–Crippen LogP) is 3.72. The summed E-state index contributed by atoms with van der Waals surface area (Å²) >= 11 is 8.15. The lowest BCUT2D eigenvalue weighted by Gasteiger charge is -2.27. The maximum absolute atomic E-state index is 13.3. The fourth-order valence-corrected chi connectivity index (χ4v) is 8.60. The first-order valence-electron chi connectivity index (χ1n) is 18.5. The number of nitrogens with one attached hydrogen (secondary N) is 3. The molecule has 292 valence electrons. The van der Waals surface area contributed by atoms with Crippen molar-refractivity contribution in [3.63, 3.8) is 0 Å². The van der Waals surface area contributed by atoms with E-state index in [2.05, 4.69) is 53.0 Å². The van der Waals surface area contributed by atoms with Gasteiger partial charge in [-0.15, -0.1) is 33.1 Å². The zero-order valence-electron chi connectivity index (χ0n) is 31.3. The number of alkyl halides is 1. The van der Waals surface area contributed by atoms with E-state index in [0.29, 0.717) is 37.6 Å². The molecule has 15 nitrogen and oxygen atoms in total. The molecule has 3 unspecified atom stereocenters. The highest BCUT2D eigenvalue weighted by molar-refractivity contribution is 7.15. The maximum Gasteiger partial charge on any atom is 0.266 e. The van der Waals surface area contributed by atoms with Crippen LogP contribution >= 0.6 is 22.9 Å². The van der Waals surface area contributed by atoms with E-state index in [-0.39, 0.29) is 53.3 Å². The molecule has 56 heavy (non-hydrogen) atoms. The number of thiophene rings is 1. The van der Waals surface area contributed by atoms with Crippen molar-refractivity contribution in [1.82, 2.24) is 35.6 Å². The summed E-state index contributed by atoms with van der Waals surface area (Å²) in [5, 5.41) is 17.6. The lowest BCUT2D eigenvalue weighted by molar-refractivity contribution is -0.136. The summed E-state index contributed by atoms with van der Waals surface area (Å²) in [6.07, 6.45) is 7.36. The Morgan fingerprint density at radius 2 is 1.77 bits per heavy atom. The number of hydrogen-bond acceptors (Lipinski definition) is 11. The molecule has 1 aliphatic carbocycles. The van der Waals surface area contributed by atoms with Gasteiger partial charge in [0.05, 0.1) is 28.6 Å². The minimum absolute atomic E-state index is 0.00368. The molecule has 0 radical (unpaired) electrons. The molecule has 1 saturated heterocycles. The number of imide groups is 2. The van der Waals surface area contributed by atoms with Crippen molar-refractivity contribution in [3.05, 3.63) is 80.8 Å². The van der Waals surface area contributed by atoms with E-state index in [1.807, 2.05) is 23.6 Å². The second-order valence-electron chi connectivity index (χ2n) is 14.2. The van der Waals surface area contributed by atoms with Crippen molar-refractivity contribution < 1.29 is 33.5 Å². The van der Waals surface area contributed by atoms with Gasteiger partial charge >= 0.3 is 0 Å². The van der Waals surface area contributed by atoms with Gasteiger partial charge in [-0.05, 0) is 69.2 Å². The van der Waals surface area contributed by atoms with Crippen molar-refractivity contribution in [2.24, 2.45) is 10.9 Å². The third-order valence-corrected chi connectivity index (χ3v) is 12.1. The maximum atomic E-state index is 13.3. The van der Waals surface area contributed by atoms with Crippen LogP contribution in [-0.4, -0.2) is 91.9 Å². The zero-order chi connectivity index (χ0) is 39.8. The first kappa shape index (κ1) is 38.8. The number of unbranched alkanes of at least 4 members (excludes halogenated alkanes) is 1. The molecule has 3 aromatic rings. The second-order valence-corrected chi connectivity index (χ2v) is 15.9. The molecule has 6 amide bonds. The van der Waals surface area contributed by atoms with Gasteiger partial charge in [0.1, 0.15) is 28.7 Å². The van der Waals surface area contributed by atoms with E-state index in [9.17, 15) is 28.8 Å². The third-order valence-electron chi connectivity index (χ3n) is 10.3. The Morgan fingerprint density at radius 1 is 1.02 bits per heavy atom. The Hall–Kier alpha value is -5.48. The quantitative estimate of drug-likeness (QED) is 0.139. The van der Waals surface area contributed by atoms with Gasteiger partial charge in [0, 0.05) is 30.0 Å². The van der Waals surface area contributed by atoms with Crippen molar-refractivity contribution in [3.8, 4) is 10.8 Å². The first-order valence-corrected chi connectivity index (χ1v) is 19.7. The summed E-state index contributed by atoms with van der Waals surface area (Å²) in [5.41, 5.74) is 3.92. The van der Waals surface area contributed by atoms with Gasteiger partial charge in [-0.3, -0.25) is 48.5 Å². The van der Waals surface area contributed by atoms with Gasteiger partial charge in [0.2, 0.25) is 17.7 Å². The predicted molar refractivity (Wildman–Crippen MR) is 207 cm³/mol. The fourth-order valence-electron chi connectivity index (χ4n) is 7.24. The lowest BCUT2D eigenvalue weighted by atomic mass is 9.91. The average Bonchev–Trinajstić information content (AvgIpc) is 3.74. The second kappa shape index (κ2) is 15.9. The number of carbonyl (C=O) groups is 6. The Morgan fingerprint density at radius 3 is 2.50 bits per heavy atom. The molecule has 3 N–H and O–H groups in total. The highest BCUT2D eigenvalue weighted by atomic mass is 35.5. The van der Waals surface area contributed by atoms with E-state index in [1.165, 1.54) is 23.1 Å². The molecule has 0 spiro atoms. The van der Waals surface area contributed by atoms with Gasteiger partial charge in [-0.2, -0.15) is 0 Å². The molecule has 0 bridgehead atoms. The molecule has 5 heterocycles. The molecule has 1 aromatic carbocycles. The van der Waals surface area contributed by atoms with E-state index in [0.717, 1.165) is 32.3 Å². The van der Waals surface area contributed by atoms with Crippen molar-refractivity contribution in [2.75, 3.05) is 19.7 Å². The topological polar surface area (TPSA) is 194 Å². The van der Waals surface area contributed by atoms with Gasteiger partial charge in [-0.25, -0.2) is 0 Å². The minimum Gasteiger partial charge on any atom is -0.483 e. The van der Waals surface area contributed by atoms with Crippen LogP contribution in [0.15, 0.2) is 47.0 Å². The van der Waals surface area contributed by atoms with Gasteiger partial charge < -0.3 is 15.4 Å². The average molecular weight is 801 g/mol. The standard InChI is InChI=1S/C39H41ClN8O7S/c1-19-16-23(10-11-25(19)40)34-32-20(2)21(3)56-39(32)47-22(4)45-46-35(47)26(43-34)17-30(50)41-14-5-6-15-42-31(51)18-55-28-9-7-8-24-33(28)38(54)48(37(24)53)27-12-13-29(49)44-36(27)52/h7-11,16,19,25-27H,5-6,12-15,17-18H2,1-4H3,(H,41,50)(H,42,51)(H,44,49,52)/t19?,25?,26-,27?/m0/s1. The van der Waals surface area contributed by atoms with Gasteiger partial charge in [0.25, 0.3) is 17.7 Å². The fraction of sp³-hybridized carbons (Fsp3) is 0.410. The van der Waals surface area contributed by atoms with Crippen LogP contribution in [0.4, 0.5) is 0 Å². The molecular weight excluding hydrogens is 760 g/mol. The van der Waals surface area contributed by atoms with E-state index in [4.69, 9.17) is 21.3 Å². The molecule has 1 fully saturated rings. The van der Waals surface area contributed by atoms with Crippen LogP contribution in [0.2, 0.25) is 0 Å². The van der Waals surface area contributed by atoms with Gasteiger partial charge in [-0.1, -0.05) is 31.2 Å². The zero-order valence-corrected chi connectivity index (χ0v) is 32.9. The SMILES string of the molecule is Cc1sc2c(c1C)C(C1=CC(C)C(Cl)C=C1)=N[C@@H](CC(=O)NCCCCNC(=O)COc1cccc3c1C(=O)N(C1CCC(=O)NC1=O)C3=O)c1nnc(C)n1-2. The van der Waals surface area contributed by atoms with Crippen molar-refractivity contribution in [1.29, 1.82) is 0 Å². The van der Waals surface area contributed by atoms with E-state index >= 15 is 0 Å². The molecular formula is C39H41ClN8O7S. The number of aromatic nitrogens is 3. The smallest absolute Gasteiger partial charge is 0.266 e. The monoisotopic (exact) mass is 800 g/mol. The molecule has 0 saturated carbocycles. The summed E-state index contributed by atoms with van der Waals surface area (Å²) in [5.74, 6) is -1.73. The number of carbonyl (C=O) groups excluding carboxylic acids is 6. The number of piperidine rings is 1. The number of halogens is 1. The summed E-state index contributed by atoms with van der Waals surface area (Å²) < 4.78 is 7.67. The number of aryl methyl sites for hydroxylation is 2. The Balaban J connectivity index is 0.911. The number of fused-ring (bicyclic) bond motifs is 4. The Kier molecular flexibility index (Phi) is 11.0. The molecule has 4 atom stereocenters.